The Labute approximate surface area is 156 Å². The molecule has 0 unspecified atom stereocenters. The van der Waals surface area contributed by atoms with Crippen LogP contribution >= 0.6 is 0 Å². The van der Waals surface area contributed by atoms with Crippen molar-refractivity contribution in [3.63, 3.8) is 0 Å². The maximum Gasteiger partial charge on any atom is 0.409 e. The molecule has 2 aliphatic heterocycles. The number of amides is 3. The third kappa shape index (κ3) is 3.77. The van der Waals surface area contributed by atoms with E-state index in [9.17, 15) is 19.2 Å². The van der Waals surface area contributed by atoms with Gasteiger partial charge in [0.05, 0.1) is 30.3 Å². The van der Waals surface area contributed by atoms with Gasteiger partial charge < -0.3 is 14.7 Å². The SMILES string of the molecule is CCOC(=O)N1CCN([C@@H]2CC(=O)N(c3cccc(C(=O)O)c3)C2=O)CC1. The monoisotopic (exact) mass is 375 g/mol. The van der Waals surface area contributed by atoms with Gasteiger partial charge in [0.25, 0.3) is 5.91 Å². The molecule has 144 valence electrons. The van der Waals surface area contributed by atoms with Crippen molar-refractivity contribution in [2.75, 3.05) is 37.7 Å². The Kier molecular flexibility index (Phi) is 5.41. The molecule has 9 nitrogen and oxygen atoms in total. The zero-order chi connectivity index (χ0) is 19.6. The van der Waals surface area contributed by atoms with Gasteiger partial charge in [-0.3, -0.25) is 14.5 Å². The van der Waals surface area contributed by atoms with Gasteiger partial charge in [-0.2, -0.15) is 0 Å². The number of benzene rings is 1. The van der Waals surface area contributed by atoms with Gasteiger partial charge in [0.15, 0.2) is 0 Å². The standard InChI is InChI=1S/C18H21N3O6/c1-2-27-18(26)20-8-6-19(7-9-20)14-11-15(22)21(16(14)23)13-5-3-4-12(10-13)17(24)25/h3-5,10,14H,2,6-9,11H2,1H3,(H,24,25)/t14-/m1/s1. The number of carbonyl (C=O) groups excluding carboxylic acids is 3. The highest BCUT2D eigenvalue weighted by Gasteiger charge is 2.43. The second kappa shape index (κ2) is 7.75. The van der Waals surface area contributed by atoms with E-state index in [1.165, 1.54) is 18.2 Å². The number of anilines is 1. The van der Waals surface area contributed by atoms with E-state index in [1.807, 2.05) is 4.90 Å². The molecule has 27 heavy (non-hydrogen) atoms. The van der Waals surface area contributed by atoms with Crippen LogP contribution in [0.2, 0.25) is 0 Å². The minimum Gasteiger partial charge on any atom is -0.478 e. The smallest absolute Gasteiger partial charge is 0.409 e. The van der Waals surface area contributed by atoms with E-state index in [4.69, 9.17) is 9.84 Å². The van der Waals surface area contributed by atoms with Crippen LogP contribution < -0.4 is 4.90 Å². The summed E-state index contributed by atoms with van der Waals surface area (Å²) in [6.45, 7) is 3.82. The average molecular weight is 375 g/mol. The molecule has 0 bridgehead atoms. The summed E-state index contributed by atoms with van der Waals surface area (Å²) in [6.07, 6.45) is -0.340. The first-order valence-corrected chi connectivity index (χ1v) is 8.78. The van der Waals surface area contributed by atoms with E-state index in [2.05, 4.69) is 0 Å². The number of carboxylic acids is 1. The van der Waals surface area contributed by atoms with Gasteiger partial charge in [-0.25, -0.2) is 14.5 Å². The quantitative estimate of drug-likeness (QED) is 0.775. The van der Waals surface area contributed by atoms with Crippen molar-refractivity contribution in [2.24, 2.45) is 0 Å². The Morgan fingerprint density at radius 3 is 2.52 bits per heavy atom. The first-order chi connectivity index (χ1) is 12.9. The topological polar surface area (TPSA) is 107 Å². The molecule has 0 radical (unpaired) electrons. The minimum atomic E-state index is -1.12. The Hall–Kier alpha value is -2.94. The van der Waals surface area contributed by atoms with Crippen LogP contribution in [0.15, 0.2) is 24.3 Å². The summed E-state index contributed by atoms with van der Waals surface area (Å²) in [4.78, 5) is 52.7. The Morgan fingerprint density at radius 2 is 1.89 bits per heavy atom. The Balaban J connectivity index is 1.69. The number of piperazine rings is 1. The number of carbonyl (C=O) groups is 4. The predicted octanol–water partition coefficient (Wildman–Crippen LogP) is 0.791. The summed E-state index contributed by atoms with van der Waals surface area (Å²) in [6, 6.07) is 5.17. The van der Waals surface area contributed by atoms with Crippen LogP contribution in [0.1, 0.15) is 23.7 Å². The average Bonchev–Trinajstić information content (AvgIpc) is 2.96. The van der Waals surface area contributed by atoms with Gasteiger partial charge >= 0.3 is 12.1 Å². The highest BCUT2D eigenvalue weighted by molar-refractivity contribution is 6.22. The molecule has 2 fully saturated rings. The maximum atomic E-state index is 12.8. The molecule has 2 saturated heterocycles. The van der Waals surface area contributed by atoms with Gasteiger partial charge in [0.2, 0.25) is 5.91 Å². The zero-order valence-electron chi connectivity index (χ0n) is 15.0. The fraction of sp³-hybridized carbons (Fsp3) is 0.444. The number of nitrogens with zero attached hydrogens (tertiary/aromatic N) is 3. The second-order valence-corrected chi connectivity index (χ2v) is 6.36. The highest BCUT2D eigenvalue weighted by atomic mass is 16.6. The second-order valence-electron chi connectivity index (χ2n) is 6.36. The normalized spacial score (nSPS) is 20.9. The van der Waals surface area contributed by atoms with Crippen molar-refractivity contribution in [3.8, 4) is 0 Å². The van der Waals surface area contributed by atoms with Crippen molar-refractivity contribution >= 4 is 29.6 Å². The lowest BCUT2D eigenvalue weighted by molar-refractivity contribution is -0.123. The van der Waals surface area contributed by atoms with Crippen LogP contribution in [0, 0.1) is 0 Å². The fourth-order valence-corrected chi connectivity index (χ4v) is 3.38. The molecule has 3 amide bonds. The Morgan fingerprint density at radius 1 is 1.19 bits per heavy atom. The number of ether oxygens (including phenoxy) is 1. The molecule has 0 aliphatic carbocycles. The third-order valence-corrected chi connectivity index (χ3v) is 4.76. The lowest BCUT2D eigenvalue weighted by Crippen LogP contribution is -2.54. The summed E-state index contributed by atoms with van der Waals surface area (Å²) in [5.74, 6) is -1.85. The van der Waals surface area contributed by atoms with E-state index >= 15 is 0 Å². The van der Waals surface area contributed by atoms with Gasteiger partial charge in [0.1, 0.15) is 0 Å². The van der Waals surface area contributed by atoms with Crippen molar-refractivity contribution in [1.29, 1.82) is 0 Å². The van der Waals surface area contributed by atoms with Crippen molar-refractivity contribution in [3.05, 3.63) is 29.8 Å². The highest BCUT2D eigenvalue weighted by Crippen LogP contribution is 2.27. The van der Waals surface area contributed by atoms with E-state index in [0.717, 1.165) is 4.90 Å². The zero-order valence-corrected chi connectivity index (χ0v) is 15.0. The molecule has 1 atom stereocenters. The molecule has 1 aromatic carbocycles. The molecule has 2 aliphatic rings. The first-order valence-electron chi connectivity index (χ1n) is 8.78. The van der Waals surface area contributed by atoms with Crippen LogP contribution in [-0.4, -0.2) is 77.6 Å². The molecular formula is C18H21N3O6. The molecule has 2 heterocycles. The van der Waals surface area contributed by atoms with Gasteiger partial charge in [-0.05, 0) is 25.1 Å². The molecule has 0 saturated carbocycles. The number of imide groups is 1. The van der Waals surface area contributed by atoms with Crippen molar-refractivity contribution < 1.29 is 29.0 Å². The third-order valence-electron chi connectivity index (χ3n) is 4.76. The lowest BCUT2D eigenvalue weighted by Gasteiger charge is -2.36. The van der Waals surface area contributed by atoms with Crippen LogP contribution in [0.25, 0.3) is 0 Å². The number of aromatic carboxylic acids is 1. The van der Waals surface area contributed by atoms with Crippen LogP contribution in [0.4, 0.5) is 10.5 Å². The van der Waals surface area contributed by atoms with Crippen LogP contribution in [0.3, 0.4) is 0 Å². The lowest BCUT2D eigenvalue weighted by atomic mass is 10.1. The summed E-state index contributed by atoms with van der Waals surface area (Å²) in [5, 5.41) is 9.11. The number of hydrogen-bond acceptors (Lipinski definition) is 6. The molecule has 0 aromatic heterocycles. The van der Waals surface area contributed by atoms with Gasteiger partial charge in [-0.1, -0.05) is 6.07 Å². The Bertz CT molecular complexity index is 772. The summed E-state index contributed by atoms with van der Waals surface area (Å²) < 4.78 is 4.98. The fourth-order valence-electron chi connectivity index (χ4n) is 3.38. The van der Waals surface area contributed by atoms with Crippen LogP contribution in [0.5, 0.6) is 0 Å². The maximum absolute atomic E-state index is 12.8. The van der Waals surface area contributed by atoms with Gasteiger partial charge in [-0.15, -0.1) is 0 Å². The molecule has 9 heteroatoms. The summed E-state index contributed by atoms with van der Waals surface area (Å²) >= 11 is 0. The van der Waals surface area contributed by atoms with E-state index in [1.54, 1.807) is 17.9 Å². The van der Waals surface area contributed by atoms with Crippen molar-refractivity contribution in [2.45, 2.75) is 19.4 Å². The summed E-state index contributed by atoms with van der Waals surface area (Å²) in [5.41, 5.74) is 0.275. The van der Waals surface area contributed by atoms with E-state index < -0.39 is 12.0 Å². The van der Waals surface area contributed by atoms with Crippen molar-refractivity contribution in [1.82, 2.24) is 9.80 Å². The van der Waals surface area contributed by atoms with E-state index in [-0.39, 0.29) is 35.6 Å². The van der Waals surface area contributed by atoms with Gasteiger partial charge in [0, 0.05) is 26.2 Å². The molecular weight excluding hydrogens is 354 g/mol. The molecule has 1 N–H and O–H groups in total. The van der Waals surface area contributed by atoms with Crippen LogP contribution in [-0.2, 0) is 14.3 Å². The van der Waals surface area contributed by atoms with E-state index in [0.29, 0.717) is 32.8 Å². The summed E-state index contributed by atoms with van der Waals surface area (Å²) in [7, 11) is 0. The number of hydrogen-bond donors (Lipinski definition) is 1. The molecule has 1 aromatic rings. The molecule has 0 spiro atoms. The predicted molar refractivity (Wildman–Crippen MR) is 94.5 cm³/mol. The minimum absolute atomic E-state index is 0.0135. The number of carboxylic acid groups (broad SMARTS) is 1. The molecule has 3 rings (SSSR count). The largest absolute Gasteiger partial charge is 0.478 e. The first kappa shape index (κ1) is 18.8. The number of rotatable bonds is 4.